The van der Waals surface area contributed by atoms with E-state index < -0.39 is 23.8 Å². The maximum Gasteiger partial charge on any atom is 0.573 e. The van der Waals surface area contributed by atoms with Crippen molar-refractivity contribution in [1.29, 1.82) is 0 Å². The summed E-state index contributed by atoms with van der Waals surface area (Å²) in [5, 5.41) is 8.66. The molecule has 4 nitrogen and oxygen atoms in total. The highest BCUT2D eigenvalue weighted by atomic mass is 79.9. The largest absolute Gasteiger partial charge is 0.573 e. The van der Waals surface area contributed by atoms with Crippen molar-refractivity contribution in [2.24, 2.45) is 0 Å². The number of benzene rings is 1. The lowest BCUT2D eigenvalue weighted by molar-refractivity contribution is -0.274. The minimum absolute atomic E-state index is 0.151. The monoisotopic (exact) mass is 299 g/mol. The number of alkyl halides is 3. The van der Waals surface area contributed by atoms with Gasteiger partial charge in [-0.05, 0) is 28.1 Å². The van der Waals surface area contributed by atoms with Gasteiger partial charge in [0.25, 0.3) is 0 Å². The van der Waals surface area contributed by atoms with Crippen molar-refractivity contribution in [3.8, 4) is 5.75 Å². The third-order valence-electron chi connectivity index (χ3n) is 1.60. The molecule has 0 aliphatic carbocycles. The molecule has 88 valence electrons. The van der Waals surface area contributed by atoms with Crippen LogP contribution in [0, 0.1) is 0 Å². The minimum atomic E-state index is -4.88. The SMILES string of the molecule is Nc1c(OC(F)(F)F)ccc(C(=O)O)c1Br. The van der Waals surface area contributed by atoms with Crippen molar-refractivity contribution in [1.82, 2.24) is 0 Å². The summed E-state index contributed by atoms with van der Waals surface area (Å²) in [6, 6.07) is 1.81. The third-order valence-corrected chi connectivity index (χ3v) is 2.45. The number of hydrogen-bond donors (Lipinski definition) is 2. The lowest BCUT2D eigenvalue weighted by Crippen LogP contribution is -2.18. The zero-order chi connectivity index (χ0) is 12.5. The number of carboxylic acid groups (broad SMARTS) is 1. The molecule has 0 amide bonds. The lowest BCUT2D eigenvalue weighted by Gasteiger charge is -2.12. The van der Waals surface area contributed by atoms with E-state index in [0.29, 0.717) is 0 Å². The van der Waals surface area contributed by atoms with Gasteiger partial charge in [-0.15, -0.1) is 13.2 Å². The zero-order valence-electron chi connectivity index (χ0n) is 7.51. The summed E-state index contributed by atoms with van der Waals surface area (Å²) in [6.07, 6.45) is -4.88. The van der Waals surface area contributed by atoms with Crippen LogP contribution in [-0.4, -0.2) is 17.4 Å². The standard InChI is InChI=1S/C8H5BrF3NO3/c9-5-3(7(14)15)1-2-4(6(5)13)16-8(10,11)12/h1-2H,13H2,(H,14,15). The number of halogens is 4. The van der Waals surface area contributed by atoms with E-state index in [4.69, 9.17) is 10.8 Å². The molecular formula is C8H5BrF3NO3. The summed E-state index contributed by atoms with van der Waals surface area (Å²) in [5.41, 5.74) is 4.63. The Kier molecular flexibility index (Phi) is 3.32. The number of ether oxygens (including phenoxy) is 1. The predicted octanol–water partition coefficient (Wildman–Crippen LogP) is 2.63. The molecule has 0 atom stereocenters. The molecular weight excluding hydrogens is 295 g/mol. The highest BCUT2D eigenvalue weighted by Crippen LogP contribution is 2.35. The van der Waals surface area contributed by atoms with Crippen LogP contribution in [0.4, 0.5) is 18.9 Å². The topological polar surface area (TPSA) is 72.5 Å². The number of hydrogen-bond acceptors (Lipinski definition) is 3. The van der Waals surface area contributed by atoms with Crippen molar-refractivity contribution >= 4 is 27.6 Å². The van der Waals surface area contributed by atoms with Crippen LogP contribution in [0.2, 0.25) is 0 Å². The van der Waals surface area contributed by atoms with Gasteiger partial charge in [-0.25, -0.2) is 4.79 Å². The van der Waals surface area contributed by atoms with Crippen LogP contribution in [0.3, 0.4) is 0 Å². The summed E-state index contributed by atoms with van der Waals surface area (Å²) >= 11 is 2.79. The first-order chi connectivity index (χ1) is 7.22. The van der Waals surface area contributed by atoms with Crippen molar-refractivity contribution in [3.05, 3.63) is 22.2 Å². The van der Waals surface area contributed by atoms with Gasteiger partial charge < -0.3 is 15.6 Å². The van der Waals surface area contributed by atoms with Crippen molar-refractivity contribution in [3.63, 3.8) is 0 Å². The first-order valence-corrected chi connectivity index (χ1v) is 4.58. The van der Waals surface area contributed by atoms with Gasteiger partial charge in [0.2, 0.25) is 0 Å². The molecule has 0 aliphatic heterocycles. The van der Waals surface area contributed by atoms with Crippen LogP contribution in [0.15, 0.2) is 16.6 Å². The number of carbonyl (C=O) groups is 1. The Bertz CT molecular complexity index is 433. The molecule has 0 radical (unpaired) electrons. The van der Waals surface area contributed by atoms with E-state index in [-0.39, 0.29) is 10.0 Å². The number of aromatic carboxylic acids is 1. The van der Waals surface area contributed by atoms with E-state index in [9.17, 15) is 18.0 Å². The Morgan fingerprint density at radius 2 is 2.00 bits per heavy atom. The van der Waals surface area contributed by atoms with Crippen LogP contribution in [-0.2, 0) is 0 Å². The summed E-state index contributed by atoms with van der Waals surface area (Å²) in [4.78, 5) is 10.6. The fourth-order valence-corrected chi connectivity index (χ4v) is 1.45. The molecule has 16 heavy (non-hydrogen) atoms. The Labute approximate surface area is 95.9 Å². The van der Waals surface area contributed by atoms with Gasteiger partial charge in [0.15, 0.2) is 5.75 Å². The molecule has 0 fully saturated rings. The van der Waals surface area contributed by atoms with E-state index in [0.717, 1.165) is 12.1 Å². The smallest absolute Gasteiger partial charge is 0.478 e. The third kappa shape index (κ3) is 2.78. The summed E-state index contributed by atoms with van der Waals surface area (Å²) < 4.78 is 39.2. The highest BCUT2D eigenvalue weighted by molar-refractivity contribution is 9.10. The van der Waals surface area contributed by atoms with Crippen LogP contribution in [0.25, 0.3) is 0 Å². The summed E-state index contributed by atoms with van der Waals surface area (Å²) in [5.74, 6) is -1.96. The van der Waals surface area contributed by atoms with E-state index >= 15 is 0 Å². The van der Waals surface area contributed by atoms with Crippen molar-refractivity contribution in [2.45, 2.75) is 6.36 Å². The van der Waals surface area contributed by atoms with Gasteiger partial charge in [-0.2, -0.15) is 0 Å². The first kappa shape index (κ1) is 12.6. The fourth-order valence-electron chi connectivity index (χ4n) is 0.954. The molecule has 0 heterocycles. The predicted molar refractivity (Wildman–Crippen MR) is 52.2 cm³/mol. The van der Waals surface area contributed by atoms with Gasteiger partial charge in [0, 0.05) is 0 Å². The van der Waals surface area contributed by atoms with E-state index in [1.165, 1.54) is 0 Å². The molecule has 8 heteroatoms. The molecule has 1 rings (SSSR count). The Hall–Kier alpha value is -1.44. The molecule has 0 saturated heterocycles. The van der Waals surface area contributed by atoms with Gasteiger partial charge in [0.1, 0.15) is 0 Å². The maximum atomic E-state index is 11.9. The van der Waals surface area contributed by atoms with Gasteiger partial charge in [-0.3, -0.25) is 0 Å². The molecule has 0 spiro atoms. The minimum Gasteiger partial charge on any atom is -0.478 e. The first-order valence-electron chi connectivity index (χ1n) is 3.79. The van der Waals surface area contributed by atoms with Crippen LogP contribution in [0.5, 0.6) is 5.75 Å². The molecule has 0 saturated carbocycles. The fraction of sp³-hybridized carbons (Fsp3) is 0.125. The van der Waals surface area contributed by atoms with Crippen molar-refractivity contribution < 1.29 is 27.8 Å². The molecule has 1 aromatic carbocycles. The molecule has 0 unspecified atom stereocenters. The van der Waals surface area contributed by atoms with Crippen LogP contribution < -0.4 is 10.5 Å². The second-order valence-corrected chi connectivity index (χ2v) is 3.48. The number of nitrogen functional groups attached to an aromatic ring is 1. The molecule has 0 aliphatic rings. The Morgan fingerprint density at radius 1 is 1.44 bits per heavy atom. The summed E-state index contributed by atoms with van der Waals surface area (Å²) in [7, 11) is 0. The molecule has 0 aromatic heterocycles. The van der Waals surface area contributed by atoms with Gasteiger partial charge in [0.05, 0.1) is 15.7 Å². The van der Waals surface area contributed by atoms with Crippen molar-refractivity contribution in [2.75, 3.05) is 5.73 Å². The highest BCUT2D eigenvalue weighted by Gasteiger charge is 2.32. The lowest BCUT2D eigenvalue weighted by atomic mass is 10.2. The zero-order valence-corrected chi connectivity index (χ0v) is 9.09. The summed E-state index contributed by atoms with van der Waals surface area (Å²) in [6.45, 7) is 0. The van der Waals surface area contributed by atoms with Crippen LogP contribution in [0.1, 0.15) is 10.4 Å². The Morgan fingerprint density at radius 3 is 2.44 bits per heavy atom. The molecule has 1 aromatic rings. The molecule has 3 N–H and O–H groups in total. The van der Waals surface area contributed by atoms with E-state index in [1.807, 2.05) is 0 Å². The second kappa shape index (κ2) is 4.20. The average molecular weight is 300 g/mol. The number of nitrogens with two attached hydrogens (primary N) is 1. The van der Waals surface area contributed by atoms with Gasteiger partial charge >= 0.3 is 12.3 Å². The van der Waals surface area contributed by atoms with E-state index in [2.05, 4.69) is 20.7 Å². The second-order valence-electron chi connectivity index (χ2n) is 2.69. The number of rotatable bonds is 2. The maximum absolute atomic E-state index is 11.9. The quantitative estimate of drug-likeness (QED) is 0.824. The molecule has 0 bridgehead atoms. The van der Waals surface area contributed by atoms with E-state index in [1.54, 1.807) is 0 Å². The Balaban J connectivity index is 3.17. The number of anilines is 1. The average Bonchev–Trinajstić information content (AvgIpc) is 2.10. The van der Waals surface area contributed by atoms with Crippen LogP contribution >= 0.6 is 15.9 Å². The van der Waals surface area contributed by atoms with Gasteiger partial charge in [-0.1, -0.05) is 0 Å². The number of carboxylic acids is 1. The normalized spacial score (nSPS) is 11.2.